The molecule has 6 heteroatoms. The van der Waals surface area contributed by atoms with Gasteiger partial charge in [-0.1, -0.05) is 0 Å². The first-order valence-corrected chi connectivity index (χ1v) is 8.69. The predicted octanol–water partition coefficient (Wildman–Crippen LogP) is 3.40. The Labute approximate surface area is 137 Å². The topological polar surface area (TPSA) is 36.4 Å². The number of aromatic nitrogens is 1. The summed E-state index contributed by atoms with van der Waals surface area (Å²) in [6.45, 7) is 1.66. The van der Waals surface area contributed by atoms with Crippen molar-refractivity contribution in [1.29, 1.82) is 0 Å². The first-order valence-electron chi connectivity index (χ1n) is 7.90. The molecule has 22 heavy (non-hydrogen) atoms. The third-order valence-corrected chi connectivity index (χ3v) is 6.00. The van der Waals surface area contributed by atoms with Crippen LogP contribution in [0.15, 0.2) is 16.7 Å². The van der Waals surface area contributed by atoms with E-state index in [1.54, 1.807) is 11.1 Å². The van der Waals surface area contributed by atoms with Crippen molar-refractivity contribution >= 4 is 27.8 Å². The zero-order valence-electron chi connectivity index (χ0n) is 12.4. The molecule has 3 aliphatic rings. The third-order valence-electron chi connectivity index (χ3n) is 5.56. The van der Waals surface area contributed by atoms with Crippen LogP contribution in [-0.2, 0) is 6.42 Å². The van der Waals surface area contributed by atoms with Gasteiger partial charge in [0.05, 0.1) is 6.67 Å². The number of rotatable bonds is 1. The molecule has 0 spiro atoms. The van der Waals surface area contributed by atoms with Gasteiger partial charge >= 0.3 is 6.03 Å². The molecule has 1 aliphatic carbocycles. The molecule has 1 saturated carbocycles. The summed E-state index contributed by atoms with van der Waals surface area (Å²) in [5.74, 6) is 1.12. The molecule has 0 N–H and O–H groups in total. The second kappa shape index (κ2) is 5.18. The lowest BCUT2D eigenvalue weighted by Gasteiger charge is -2.41. The molecule has 1 aromatic heterocycles. The highest BCUT2D eigenvalue weighted by Gasteiger charge is 2.54. The minimum absolute atomic E-state index is 0.00185. The first-order chi connectivity index (χ1) is 10.6. The van der Waals surface area contributed by atoms with Gasteiger partial charge in [-0.15, -0.1) is 0 Å². The molecule has 118 valence electrons. The number of urea groups is 1. The van der Waals surface area contributed by atoms with E-state index in [1.807, 2.05) is 11.0 Å². The van der Waals surface area contributed by atoms with Crippen molar-refractivity contribution in [2.75, 3.05) is 31.2 Å². The number of alkyl halides is 1. The van der Waals surface area contributed by atoms with Crippen LogP contribution in [0.4, 0.5) is 15.0 Å². The minimum atomic E-state index is -0.302. The van der Waals surface area contributed by atoms with Crippen molar-refractivity contribution in [2.24, 2.45) is 11.3 Å². The van der Waals surface area contributed by atoms with Crippen molar-refractivity contribution < 1.29 is 9.18 Å². The number of hydrogen-bond donors (Lipinski definition) is 0. The van der Waals surface area contributed by atoms with Crippen LogP contribution < -0.4 is 4.90 Å². The van der Waals surface area contributed by atoms with Crippen LogP contribution >= 0.6 is 15.9 Å². The van der Waals surface area contributed by atoms with Crippen LogP contribution in [0.3, 0.4) is 0 Å². The number of halogens is 2. The average molecular weight is 368 g/mol. The summed E-state index contributed by atoms with van der Waals surface area (Å²) in [7, 11) is 0. The normalized spacial score (nSPS) is 29.8. The lowest BCUT2D eigenvalue weighted by Crippen LogP contribution is -2.46. The quantitative estimate of drug-likeness (QED) is 0.762. The minimum Gasteiger partial charge on any atom is -0.323 e. The molecule has 2 atom stereocenters. The molecule has 0 aromatic carbocycles. The zero-order valence-corrected chi connectivity index (χ0v) is 14.0. The lowest BCUT2D eigenvalue weighted by atomic mass is 9.63. The Balaban J connectivity index is 1.57. The van der Waals surface area contributed by atoms with Gasteiger partial charge < -0.3 is 4.90 Å². The summed E-state index contributed by atoms with van der Waals surface area (Å²) < 4.78 is 14.3. The molecule has 2 amide bonds. The fraction of sp³-hybridized carbons (Fsp3) is 0.625. The summed E-state index contributed by atoms with van der Waals surface area (Å²) in [6.07, 6.45) is 5.60. The monoisotopic (exact) mass is 367 g/mol. The van der Waals surface area contributed by atoms with E-state index in [9.17, 15) is 9.18 Å². The maximum Gasteiger partial charge on any atom is 0.325 e. The Morgan fingerprint density at radius 2 is 2.41 bits per heavy atom. The number of hydrogen-bond acceptors (Lipinski definition) is 2. The largest absolute Gasteiger partial charge is 0.325 e. The molecule has 1 aromatic rings. The second-order valence-corrected chi connectivity index (χ2v) is 7.70. The van der Waals surface area contributed by atoms with Crippen LogP contribution in [-0.4, -0.2) is 42.2 Å². The van der Waals surface area contributed by atoms with E-state index >= 15 is 0 Å². The molecule has 1 saturated heterocycles. The van der Waals surface area contributed by atoms with Crippen molar-refractivity contribution in [1.82, 2.24) is 9.88 Å². The van der Waals surface area contributed by atoms with E-state index in [1.165, 1.54) is 0 Å². The summed E-state index contributed by atoms with van der Waals surface area (Å²) in [4.78, 5) is 21.0. The molecule has 0 unspecified atom stereocenters. The number of carbonyl (C=O) groups excluding carboxylic acids is 1. The Hall–Kier alpha value is -1.17. The molecular formula is C16H19BrFN3O. The predicted molar refractivity (Wildman–Crippen MR) is 85.7 cm³/mol. The highest BCUT2D eigenvalue weighted by atomic mass is 79.9. The molecule has 0 radical (unpaired) electrons. The van der Waals surface area contributed by atoms with E-state index in [2.05, 4.69) is 20.9 Å². The van der Waals surface area contributed by atoms with Crippen LogP contribution in [0.5, 0.6) is 0 Å². The molecule has 3 heterocycles. The van der Waals surface area contributed by atoms with Gasteiger partial charge in [0.15, 0.2) is 0 Å². The molecule has 2 fully saturated rings. The van der Waals surface area contributed by atoms with E-state index in [-0.39, 0.29) is 18.1 Å². The summed E-state index contributed by atoms with van der Waals surface area (Å²) in [6, 6.07) is 2.04. The molecule has 4 nitrogen and oxygen atoms in total. The maximum atomic E-state index is 13.4. The highest BCUT2D eigenvalue weighted by molar-refractivity contribution is 9.10. The molecule has 0 bridgehead atoms. The summed E-state index contributed by atoms with van der Waals surface area (Å²) in [5.41, 5.74) is 0.859. The zero-order chi connectivity index (χ0) is 15.3. The van der Waals surface area contributed by atoms with Gasteiger partial charge in [0.2, 0.25) is 0 Å². The van der Waals surface area contributed by atoms with Crippen molar-refractivity contribution in [3.05, 3.63) is 22.3 Å². The maximum absolute atomic E-state index is 13.4. The van der Waals surface area contributed by atoms with E-state index < -0.39 is 0 Å². The number of aryl methyl sites for hydroxylation is 1. The Morgan fingerprint density at radius 3 is 3.09 bits per heavy atom. The number of nitrogens with zero attached hydrogens (tertiary/aromatic N) is 3. The fourth-order valence-corrected chi connectivity index (χ4v) is 4.49. The number of fused-ring (bicyclic) bond motifs is 2. The molecule has 4 rings (SSSR count). The van der Waals surface area contributed by atoms with Gasteiger partial charge in [-0.25, -0.2) is 9.78 Å². The van der Waals surface area contributed by atoms with Gasteiger partial charge in [-0.05, 0) is 59.2 Å². The molecule has 2 aliphatic heterocycles. The Morgan fingerprint density at radius 1 is 1.55 bits per heavy atom. The van der Waals surface area contributed by atoms with Crippen LogP contribution in [0.25, 0.3) is 0 Å². The number of pyridine rings is 1. The number of carbonyl (C=O) groups is 1. The second-order valence-electron chi connectivity index (χ2n) is 6.79. The van der Waals surface area contributed by atoms with Crippen molar-refractivity contribution in [2.45, 2.75) is 25.7 Å². The van der Waals surface area contributed by atoms with E-state index in [0.717, 1.165) is 41.5 Å². The SMILES string of the molecule is O=C(N1C[C@@H]2CC[C@]2(CF)C1)N1CCCc2cc(Br)cnc21. The lowest BCUT2D eigenvalue weighted by molar-refractivity contribution is 0.0518. The van der Waals surface area contributed by atoms with Crippen molar-refractivity contribution in [3.8, 4) is 0 Å². The summed E-state index contributed by atoms with van der Waals surface area (Å²) >= 11 is 3.44. The smallest absolute Gasteiger partial charge is 0.323 e. The van der Waals surface area contributed by atoms with Gasteiger partial charge in [0.25, 0.3) is 0 Å². The van der Waals surface area contributed by atoms with E-state index in [4.69, 9.17) is 0 Å². The van der Waals surface area contributed by atoms with Gasteiger partial charge in [0, 0.05) is 35.7 Å². The van der Waals surface area contributed by atoms with Gasteiger partial charge in [0.1, 0.15) is 5.82 Å². The Bertz CT molecular complexity index is 621. The van der Waals surface area contributed by atoms with Crippen LogP contribution in [0, 0.1) is 11.3 Å². The van der Waals surface area contributed by atoms with E-state index in [0.29, 0.717) is 25.6 Å². The summed E-state index contributed by atoms with van der Waals surface area (Å²) in [5, 5.41) is 0. The first kappa shape index (κ1) is 14.4. The third kappa shape index (κ3) is 2.07. The van der Waals surface area contributed by atoms with Crippen LogP contribution in [0.2, 0.25) is 0 Å². The average Bonchev–Trinajstić information content (AvgIpc) is 2.77. The van der Waals surface area contributed by atoms with Crippen molar-refractivity contribution in [3.63, 3.8) is 0 Å². The number of amides is 2. The fourth-order valence-electron chi connectivity index (χ4n) is 4.12. The number of likely N-dealkylation sites (tertiary alicyclic amines) is 1. The molecular weight excluding hydrogens is 349 g/mol. The van der Waals surface area contributed by atoms with Gasteiger partial charge in [-0.2, -0.15) is 0 Å². The highest BCUT2D eigenvalue weighted by Crippen LogP contribution is 2.52. The number of anilines is 1. The van der Waals surface area contributed by atoms with Gasteiger partial charge in [-0.3, -0.25) is 9.29 Å². The van der Waals surface area contributed by atoms with Crippen LogP contribution in [0.1, 0.15) is 24.8 Å². The standard InChI is InChI=1S/C16H19BrFN3O/c17-13-6-11-2-1-5-21(14(11)19-7-13)15(22)20-8-12-3-4-16(12,9-18)10-20/h6-7,12H,1-5,8-10H2/t12-,16-/m0/s1. The Kier molecular flexibility index (Phi) is 3.40.